The maximum Gasteiger partial charge on any atom is 0.346 e. The second kappa shape index (κ2) is 8.31. The van der Waals surface area contributed by atoms with Gasteiger partial charge in [0.15, 0.2) is 0 Å². The number of anilines is 2. The van der Waals surface area contributed by atoms with E-state index in [1.165, 1.54) is 6.21 Å². The Hall–Kier alpha value is -4.13. The summed E-state index contributed by atoms with van der Waals surface area (Å²) in [4.78, 5) is 25.4. The lowest BCUT2D eigenvalue weighted by molar-refractivity contribution is -0.131. The SMILES string of the molecule is COc1ccc([C@]2(C)NC(=O)N(/N=C\c3ccc(Nc4ccccc4)cc3)C2=O)cc1. The fourth-order valence-electron chi connectivity index (χ4n) is 3.31. The van der Waals surface area contributed by atoms with Crippen LogP contribution in [0.25, 0.3) is 0 Å². The summed E-state index contributed by atoms with van der Waals surface area (Å²) in [6.07, 6.45) is 1.49. The van der Waals surface area contributed by atoms with Crippen LogP contribution in [-0.2, 0) is 10.3 Å². The molecule has 0 aromatic heterocycles. The molecule has 1 heterocycles. The first kappa shape index (κ1) is 20.2. The van der Waals surface area contributed by atoms with Crippen LogP contribution in [0.1, 0.15) is 18.1 Å². The molecule has 3 aromatic rings. The zero-order valence-electron chi connectivity index (χ0n) is 17.2. The van der Waals surface area contributed by atoms with Crippen molar-refractivity contribution < 1.29 is 14.3 Å². The monoisotopic (exact) mass is 414 g/mol. The number of carbonyl (C=O) groups is 2. The number of hydrogen-bond acceptors (Lipinski definition) is 5. The fourth-order valence-corrected chi connectivity index (χ4v) is 3.31. The predicted molar refractivity (Wildman–Crippen MR) is 119 cm³/mol. The molecule has 1 aliphatic heterocycles. The average Bonchev–Trinajstić information content (AvgIpc) is 3.02. The number of methoxy groups -OCH3 is 1. The van der Waals surface area contributed by atoms with Crippen LogP contribution >= 0.6 is 0 Å². The van der Waals surface area contributed by atoms with Gasteiger partial charge in [0.1, 0.15) is 11.3 Å². The molecule has 156 valence electrons. The maximum absolute atomic E-state index is 13.0. The third kappa shape index (κ3) is 4.11. The van der Waals surface area contributed by atoms with Gasteiger partial charge in [-0.3, -0.25) is 4.79 Å². The van der Waals surface area contributed by atoms with E-state index in [9.17, 15) is 9.59 Å². The Bertz CT molecular complexity index is 1110. The zero-order valence-corrected chi connectivity index (χ0v) is 17.2. The lowest BCUT2D eigenvalue weighted by Crippen LogP contribution is -2.40. The average molecular weight is 414 g/mol. The van der Waals surface area contributed by atoms with E-state index in [4.69, 9.17) is 4.74 Å². The molecule has 0 saturated carbocycles. The van der Waals surface area contributed by atoms with Gasteiger partial charge in [-0.05, 0) is 54.4 Å². The van der Waals surface area contributed by atoms with E-state index >= 15 is 0 Å². The molecule has 1 aliphatic rings. The predicted octanol–water partition coefficient (Wildman–Crippen LogP) is 4.24. The van der Waals surface area contributed by atoms with E-state index in [2.05, 4.69) is 15.7 Å². The summed E-state index contributed by atoms with van der Waals surface area (Å²) < 4.78 is 5.15. The van der Waals surface area contributed by atoms with Gasteiger partial charge in [-0.25, -0.2) is 4.79 Å². The smallest absolute Gasteiger partial charge is 0.346 e. The Morgan fingerprint density at radius 3 is 2.23 bits per heavy atom. The van der Waals surface area contributed by atoms with Gasteiger partial charge in [-0.1, -0.05) is 42.5 Å². The quantitative estimate of drug-likeness (QED) is 0.467. The van der Waals surface area contributed by atoms with Crippen molar-refractivity contribution in [3.63, 3.8) is 0 Å². The van der Waals surface area contributed by atoms with E-state index in [-0.39, 0.29) is 0 Å². The van der Waals surface area contributed by atoms with Crippen molar-refractivity contribution >= 4 is 29.5 Å². The van der Waals surface area contributed by atoms with Gasteiger partial charge in [0, 0.05) is 11.4 Å². The lowest BCUT2D eigenvalue weighted by atomic mass is 9.92. The Labute approximate surface area is 180 Å². The van der Waals surface area contributed by atoms with Crippen LogP contribution in [0.2, 0.25) is 0 Å². The molecule has 3 amide bonds. The highest BCUT2D eigenvalue weighted by Crippen LogP contribution is 2.30. The summed E-state index contributed by atoms with van der Waals surface area (Å²) in [5, 5.41) is 11.0. The number of nitrogens with zero attached hydrogens (tertiary/aromatic N) is 2. The molecule has 0 spiro atoms. The van der Waals surface area contributed by atoms with E-state index < -0.39 is 17.5 Å². The van der Waals surface area contributed by atoms with Crippen molar-refractivity contribution in [2.75, 3.05) is 12.4 Å². The van der Waals surface area contributed by atoms with Crippen LogP contribution in [0.4, 0.5) is 16.2 Å². The summed E-state index contributed by atoms with van der Waals surface area (Å²) >= 11 is 0. The standard InChI is InChI=1S/C24H22N4O3/c1-24(18-10-14-21(31-2)15-11-18)22(29)28(23(30)27-24)25-16-17-8-12-20(13-9-17)26-19-6-4-3-5-7-19/h3-16,26H,1-2H3,(H,27,30)/b25-16-/t24-/m0/s1. The number of amides is 3. The summed E-state index contributed by atoms with van der Waals surface area (Å²) in [5.74, 6) is 0.227. The molecular formula is C24H22N4O3. The Morgan fingerprint density at radius 2 is 1.58 bits per heavy atom. The lowest BCUT2D eigenvalue weighted by Gasteiger charge is -2.21. The molecule has 7 nitrogen and oxygen atoms in total. The maximum atomic E-state index is 13.0. The summed E-state index contributed by atoms with van der Waals surface area (Å²) in [6, 6.07) is 23.8. The number of carbonyl (C=O) groups excluding carboxylic acids is 2. The third-order valence-corrected chi connectivity index (χ3v) is 5.13. The first-order valence-electron chi connectivity index (χ1n) is 9.77. The molecule has 31 heavy (non-hydrogen) atoms. The van der Waals surface area contributed by atoms with Crippen molar-refractivity contribution in [3.05, 3.63) is 90.0 Å². The van der Waals surface area contributed by atoms with Crippen LogP contribution < -0.4 is 15.4 Å². The highest BCUT2D eigenvalue weighted by Gasteiger charge is 2.49. The van der Waals surface area contributed by atoms with E-state index in [0.29, 0.717) is 11.3 Å². The molecule has 1 atom stereocenters. The number of rotatable bonds is 6. The molecule has 0 aliphatic carbocycles. The molecule has 7 heteroatoms. The van der Waals surface area contributed by atoms with Crippen LogP contribution in [-0.4, -0.2) is 30.3 Å². The molecular weight excluding hydrogens is 392 g/mol. The number of urea groups is 1. The number of nitrogens with one attached hydrogen (secondary N) is 2. The summed E-state index contributed by atoms with van der Waals surface area (Å²) in [6.45, 7) is 1.66. The minimum absolute atomic E-state index is 0.443. The second-order valence-corrected chi connectivity index (χ2v) is 7.26. The van der Waals surface area contributed by atoms with Gasteiger partial charge < -0.3 is 15.4 Å². The molecule has 1 saturated heterocycles. The minimum atomic E-state index is -1.19. The van der Waals surface area contributed by atoms with Gasteiger partial charge in [-0.15, -0.1) is 5.01 Å². The molecule has 2 N–H and O–H groups in total. The Morgan fingerprint density at radius 1 is 0.935 bits per heavy atom. The molecule has 3 aromatic carbocycles. The number of ether oxygens (including phenoxy) is 1. The number of hydrogen-bond donors (Lipinski definition) is 2. The number of hydrazone groups is 1. The normalized spacial score (nSPS) is 18.3. The third-order valence-electron chi connectivity index (χ3n) is 5.13. The van der Waals surface area contributed by atoms with E-state index in [0.717, 1.165) is 21.9 Å². The minimum Gasteiger partial charge on any atom is -0.497 e. The molecule has 0 bridgehead atoms. The molecule has 0 radical (unpaired) electrons. The van der Waals surface area contributed by atoms with Gasteiger partial charge in [0.2, 0.25) is 0 Å². The summed E-state index contributed by atoms with van der Waals surface area (Å²) in [7, 11) is 1.57. The van der Waals surface area contributed by atoms with E-state index in [1.807, 2.05) is 54.6 Å². The zero-order chi connectivity index (χ0) is 21.8. The number of benzene rings is 3. The highest BCUT2D eigenvalue weighted by molar-refractivity contribution is 6.07. The molecule has 4 rings (SSSR count). The van der Waals surface area contributed by atoms with Crippen molar-refractivity contribution in [3.8, 4) is 5.75 Å². The van der Waals surface area contributed by atoms with Gasteiger partial charge in [0.05, 0.1) is 13.3 Å². The van der Waals surface area contributed by atoms with Crippen LogP contribution in [0.15, 0.2) is 84.0 Å². The number of imide groups is 1. The largest absolute Gasteiger partial charge is 0.497 e. The molecule has 1 fully saturated rings. The van der Waals surface area contributed by atoms with Gasteiger partial charge in [0.25, 0.3) is 5.91 Å². The van der Waals surface area contributed by atoms with Crippen molar-refractivity contribution in [2.24, 2.45) is 5.10 Å². The first-order valence-corrected chi connectivity index (χ1v) is 9.77. The van der Waals surface area contributed by atoms with Gasteiger partial charge >= 0.3 is 6.03 Å². The van der Waals surface area contributed by atoms with Crippen molar-refractivity contribution in [2.45, 2.75) is 12.5 Å². The highest BCUT2D eigenvalue weighted by atomic mass is 16.5. The topological polar surface area (TPSA) is 83.0 Å². The summed E-state index contributed by atoms with van der Waals surface area (Å²) in [5.41, 5.74) is 2.13. The fraction of sp³-hybridized carbons (Fsp3) is 0.125. The van der Waals surface area contributed by atoms with Crippen LogP contribution in [0, 0.1) is 0 Å². The van der Waals surface area contributed by atoms with Crippen molar-refractivity contribution in [1.29, 1.82) is 0 Å². The van der Waals surface area contributed by atoms with Crippen LogP contribution in [0.3, 0.4) is 0 Å². The van der Waals surface area contributed by atoms with Crippen LogP contribution in [0.5, 0.6) is 5.75 Å². The second-order valence-electron chi connectivity index (χ2n) is 7.26. The Kier molecular flexibility index (Phi) is 5.41. The van der Waals surface area contributed by atoms with Gasteiger partial charge in [-0.2, -0.15) is 5.10 Å². The Balaban J connectivity index is 1.47. The molecule has 0 unspecified atom stereocenters. The first-order chi connectivity index (χ1) is 15.0. The van der Waals surface area contributed by atoms with E-state index in [1.54, 1.807) is 38.3 Å². The van der Waals surface area contributed by atoms with Crippen molar-refractivity contribution in [1.82, 2.24) is 10.3 Å². The number of para-hydroxylation sites is 1.